The average molecular weight is 417 g/mol. The lowest BCUT2D eigenvalue weighted by Crippen LogP contribution is -2.28. The summed E-state index contributed by atoms with van der Waals surface area (Å²) >= 11 is 0. The molecule has 1 atom stereocenters. The summed E-state index contributed by atoms with van der Waals surface area (Å²) in [4.78, 5) is 18.8. The molecule has 1 aliphatic heterocycles. The number of ketones is 1. The number of hydrogen-bond acceptors (Lipinski definition) is 5. The molecule has 1 unspecified atom stereocenters. The molecule has 4 rings (SSSR count). The van der Waals surface area contributed by atoms with E-state index in [0.717, 1.165) is 22.0 Å². The number of Topliss-reactive ketones (excluding diaryl/α,β-unsaturated/α-hetero) is 1. The van der Waals surface area contributed by atoms with Crippen LogP contribution in [-0.4, -0.2) is 56.5 Å². The van der Waals surface area contributed by atoms with E-state index in [9.17, 15) is 18.0 Å². The molecule has 0 radical (unpaired) electrons. The number of rotatable bonds is 6. The number of benzene rings is 1. The maximum atomic E-state index is 12.7. The Labute approximate surface area is 171 Å². The Bertz CT molecular complexity index is 1060. The van der Waals surface area contributed by atoms with Crippen LogP contribution in [0.5, 0.6) is 0 Å². The molecule has 30 heavy (non-hydrogen) atoms. The largest absolute Gasteiger partial charge is 0.390 e. The van der Waals surface area contributed by atoms with E-state index in [1.54, 1.807) is 22.0 Å². The van der Waals surface area contributed by atoms with Gasteiger partial charge in [-0.3, -0.25) is 9.78 Å². The Hall–Kier alpha value is -2.81. The SMILES string of the molecule is Cn1nncc1-c1ccc2cnc(CC(=O)C3CCN(CCC(F)(F)F)C3)cc2c1. The van der Waals surface area contributed by atoms with Gasteiger partial charge in [0.05, 0.1) is 18.3 Å². The summed E-state index contributed by atoms with van der Waals surface area (Å²) in [6.07, 6.45) is -0.784. The van der Waals surface area contributed by atoms with Crippen LogP contribution in [0.25, 0.3) is 22.0 Å². The number of halogens is 3. The van der Waals surface area contributed by atoms with E-state index < -0.39 is 12.6 Å². The highest BCUT2D eigenvalue weighted by molar-refractivity contribution is 5.88. The number of alkyl halides is 3. The van der Waals surface area contributed by atoms with Crippen LogP contribution < -0.4 is 0 Å². The molecule has 1 saturated heterocycles. The summed E-state index contributed by atoms with van der Waals surface area (Å²) in [5.41, 5.74) is 2.52. The van der Waals surface area contributed by atoms with Crippen molar-refractivity contribution in [2.75, 3.05) is 19.6 Å². The fourth-order valence-electron chi connectivity index (χ4n) is 3.90. The highest BCUT2D eigenvalue weighted by atomic mass is 19.4. The van der Waals surface area contributed by atoms with Gasteiger partial charge in [0.15, 0.2) is 0 Å². The predicted molar refractivity (Wildman–Crippen MR) is 106 cm³/mol. The molecular formula is C21H22F3N5O. The summed E-state index contributed by atoms with van der Waals surface area (Å²) in [5.74, 6) is -0.203. The van der Waals surface area contributed by atoms with Crippen LogP contribution >= 0.6 is 0 Å². The van der Waals surface area contributed by atoms with Crippen molar-refractivity contribution >= 4 is 16.6 Å². The molecule has 3 heterocycles. The minimum atomic E-state index is -4.17. The number of likely N-dealkylation sites (tertiary alicyclic amines) is 1. The Balaban J connectivity index is 1.43. The minimum Gasteiger partial charge on any atom is -0.302 e. The molecule has 0 N–H and O–H groups in total. The highest BCUT2D eigenvalue weighted by Gasteiger charge is 2.32. The zero-order valence-corrected chi connectivity index (χ0v) is 16.6. The molecule has 0 saturated carbocycles. The number of fused-ring (bicyclic) bond motifs is 1. The van der Waals surface area contributed by atoms with Crippen LogP contribution in [0.3, 0.4) is 0 Å². The lowest BCUT2D eigenvalue weighted by atomic mass is 9.98. The van der Waals surface area contributed by atoms with E-state index in [2.05, 4.69) is 15.3 Å². The van der Waals surface area contributed by atoms with Crippen molar-refractivity contribution in [2.24, 2.45) is 13.0 Å². The van der Waals surface area contributed by atoms with Gasteiger partial charge in [0.25, 0.3) is 0 Å². The average Bonchev–Trinajstić information content (AvgIpc) is 3.34. The quantitative estimate of drug-likeness (QED) is 0.615. The molecule has 2 aromatic heterocycles. The number of carbonyl (C=O) groups excluding carboxylic acids is 1. The van der Waals surface area contributed by atoms with Crippen LogP contribution in [0.4, 0.5) is 13.2 Å². The monoisotopic (exact) mass is 417 g/mol. The van der Waals surface area contributed by atoms with Gasteiger partial charge in [0.2, 0.25) is 0 Å². The van der Waals surface area contributed by atoms with E-state index in [4.69, 9.17) is 0 Å². The molecular weight excluding hydrogens is 395 g/mol. The van der Waals surface area contributed by atoms with Crippen LogP contribution in [0.1, 0.15) is 18.5 Å². The number of pyridine rings is 1. The van der Waals surface area contributed by atoms with Crippen LogP contribution in [0, 0.1) is 5.92 Å². The van der Waals surface area contributed by atoms with Gasteiger partial charge in [-0.2, -0.15) is 13.2 Å². The molecule has 0 aliphatic carbocycles. The summed E-state index contributed by atoms with van der Waals surface area (Å²) in [7, 11) is 1.82. The zero-order valence-electron chi connectivity index (χ0n) is 16.6. The molecule has 3 aromatic rings. The van der Waals surface area contributed by atoms with E-state index in [0.29, 0.717) is 25.2 Å². The maximum Gasteiger partial charge on any atom is 0.390 e. The van der Waals surface area contributed by atoms with E-state index in [1.807, 2.05) is 31.3 Å². The molecule has 0 spiro atoms. The van der Waals surface area contributed by atoms with E-state index >= 15 is 0 Å². The Morgan fingerprint density at radius 1 is 1.20 bits per heavy atom. The maximum absolute atomic E-state index is 12.7. The number of aryl methyl sites for hydroxylation is 1. The molecule has 6 nitrogen and oxygen atoms in total. The zero-order chi connectivity index (χ0) is 21.3. The third-order valence-corrected chi connectivity index (χ3v) is 5.58. The normalized spacial score (nSPS) is 17.7. The first-order valence-electron chi connectivity index (χ1n) is 9.84. The van der Waals surface area contributed by atoms with Gasteiger partial charge in [0.1, 0.15) is 5.78 Å². The van der Waals surface area contributed by atoms with Crippen molar-refractivity contribution in [2.45, 2.75) is 25.4 Å². The molecule has 158 valence electrons. The van der Waals surface area contributed by atoms with Crippen LogP contribution in [0.2, 0.25) is 0 Å². The molecule has 1 fully saturated rings. The van der Waals surface area contributed by atoms with Crippen molar-refractivity contribution in [1.29, 1.82) is 0 Å². The summed E-state index contributed by atoms with van der Waals surface area (Å²) in [5, 5.41) is 9.78. The summed E-state index contributed by atoms with van der Waals surface area (Å²) in [6.45, 7) is 0.868. The number of aromatic nitrogens is 4. The van der Waals surface area contributed by atoms with Gasteiger partial charge >= 0.3 is 6.18 Å². The number of carbonyl (C=O) groups is 1. The third-order valence-electron chi connectivity index (χ3n) is 5.58. The van der Waals surface area contributed by atoms with E-state index in [-0.39, 0.29) is 24.7 Å². The Morgan fingerprint density at radius 3 is 2.77 bits per heavy atom. The standard InChI is InChI=1S/C21H22F3N5O/c1-28-19(12-26-27-28)14-2-3-15-11-25-18(9-17(15)8-14)10-20(30)16-4-6-29(13-16)7-5-21(22,23)24/h2-3,8-9,11-12,16H,4-7,10,13H2,1H3. The Kier molecular flexibility index (Phi) is 5.55. The Morgan fingerprint density at radius 2 is 2.03 bits per heavy atom. The first-order valence-corrected chi connectivity index (χ1v) is 9.84. The van der Waals surface area contributed by atoms with Gasteiger partial charge in [-0.1, -0.05) is 17.3 Å². The second-order valence-electron chi connectivity index (χ2n) is 7.77. The topological polar surface area (TPSA) is 63.9 Å². The van der Waals surface area contributed by atoms with Crippen molar-refractivity contribution in [3.05, 3.63) is 42.4 Å². The van der Waals surface area contributed by atoms with Crippen LogP contribution in [-0.2, 0) is 18.3 Å². The lowest BCUT2D eigenvalue weighted by molar-refractivity contribution is -0.137. The van der Waals surface area contributed by atoms with Crippen molar-refractivity contribution in [3.8, 4) is 11.3 Å². The predicted octanol–water partition coefficient (Wildman–Crippen LogP) is 3.42. The molecule has 0 bridgehead atoms. The molecule has 1 aromatic carbocycles. The fraction of sp³-hybridized carbons (Fsp3) is 0.429. The van der Waals surface area contributed by atoms with Gasteiger partial charge in [-0.25, -0.2) is 4.68 Å². The first-order chi connectivity index (χ1) is 14.3. The summed E-state index contributed by atoms with van der Waals surface area (Å²) in [6, 6.07) is 7.85. The van der Waals surface area contributed by atoms with Crippen LogP contribution in [0.15, 0.2) is 36.7 Å². The van der Waals surface area contributed by atoms with Gasteiger partial charge in [-0.15, -0.1) is 5.10 Å². The number of hydrogen-bond donors (Lipinski definition) is 0. The highest BCUT2D eigenvalue weighted by Crippen LogP contribution is 2.26. The smallest absolute Gasteiger partial charge is 0.302 e. The fourth-order valence-corrected chi connectivity index (χ4v) is 3.90. The molecule has 9 heteroatoms. The second-order valence-corrected chi connectivity index (χ2v) is 7.77. The number of nitrogens with zero attached hydrogens (tertiary/aromatic N) is 5. The lowest BCUT2D eigenvalue weighted by Gasteiger charge is -2.16. The first kappa shape index (κ1) is 20.5. The van der Waals surface area contributed by atoms with Gasteiger partial charge in [-0.05, 0) is 30.5 Å². The summed E-state index contributed by atoms with van der Waals surface area (Å²) < 4.78 is 38.9. The molecule has 1 aliphatic rings. The third kappa shape index (κ3) is 4.67. The molecule has 0 amide bonds. The van der Waals surface area contributed by atoms with Crippen molar-refractivity contribution in [3.63, 3.8) is 0 Å². The minimum absolute atomic E-state index is 0.0309. The van der Waals surface area contributed by atoms with E-state index in [1.165, 1.54) is 0 Å². The van der Waals surface area contributed by atoms with Crippen molar-refractivity contribution in [1.82, 2.24) is 24.9 Å². The van der Waals surface area contributed by atoms with Crippen molar-refractivity contribution < 1.29 is 18.0 Å². The second kappa shape index (κ2) is 8.14. The van der Waals surface area contributed by atoms with Gasteiger partial charge in [0, 0.05) is 55.3 Å². The van der Waals surface area contributed by atoms with Gasteiger partial charge < -0.3 is 4.90 Å².